The van der Waals surface area contributed by atoms with Crippen LogP contribution in [0.5, 0.6) is 0 Å². The average Bonchev–Trinajstić information content (AvgIpc) is 2.91. The Labute approximate surface area is 98.7 Å². The summed E-state index contributed by atoms with van der Waals surface area (Å²) in [5.41, 5.74) is 0. The lowest BCUT2D eigenvalue weighted by molar-refractivity contribution is -0.113. The van der Waals surface area contributed by atoms with E-state index in [9.17, 15) is 4.79 Å². The molecule has 6 heteroatoms. The minimum atomic E-state index is -0.240. The monoisotopic (exact) mass is 243 g/mol. The Balaban J connectivity index is 1.88. The molecule has 1 amide bonds. The molecule has 0 spiro atoms. The predicted octanol–water partition coefficient (Wildman–Crippen LogP) is 1.10. The van der Waals surface area contributed by atoms with E-state index in [0.29, 0.717) is 11.7 Å². The lowest BCUT2D eigenvalue weighted by atomic mass is 10.1. The normalized spacial score (nSPS) is 19.9. The highest BCUT2D eigenvalue weighted by molar-refractivity contribution is 6.28. The first-order valence-corrected chi connectivity index (χ1v) is 5.78. The zero-order chi connectivity index (χ0) is 11.4. The summed E-state index contributed by atoms with van der Waals surface area (Å²) < 4.78 is 7.11. The van der Waals surface area contributed by atoms with Crippen LogP contribution in [0.1, 0.15) is 6.42 Å². The topological polar surface area (TPSA) is 56.2 Å². The zero-order valence-corrected chi connectivity index (χ0v) is 9.61. The van der Waals surface area contributed by atoms with Gasteiger partial charge in [0.25, 0.3) is 0 Å². The van der Waals surface area contributed by atoms with Gasteiger partial charge in [0, 0.05) is 31.3 Å². The SMILES string of the molecule is O=C(CCl)Nc1ccn(CC2CCOC2)n1. The number of rotatable bonds is 4. The van der Waals surface area contributed by atoms with Gasteiger partial charge in [-0.05, 0) is 6.42 Å². The largest absolute Gasteiger partial charge is 0.381 e. The predicted molar refractivity (Wildman–Crippen MR) is 60.5 cm³/mol. The van der Waals surface area contributed by atoms with Crippen LogP contribution >= 0.6 is 11.6 Å². The molecule has 1 fully saturated rings. The van der Waals surface area contributed by atoms with Gasteiger partial charge in [0.05, 0.1) is 6.61 Å². The molecule has 88 valence electrons. The Hall–Kier alpha value is -1.07. The number of carbonyl (C=O) groups excluding carboxylic acids is 1. The van der Waals surface area contributed by atoms with E-state index in [1.807, 2.05) is 10.9 Å². The molecule has 2 heterocycles. The minimum absolute atomic E-state index is 0.0523. The van der Waals surface area contributed by atoms with Gasteiger partial charge < -0.3 is 10.1 Å². The Morgan fingerprint density at radius 2 is 2.62 bits per heavy atom. The number of alkyl halides is 1. The van der Waals surface area contributed by atoms with Crippen LogP contribution in [0.15, 0.2) is 12.3 Å². The quantitative estimate of drug-likeness (QED) is 0.806. The Bertz CT molecular complexity index is 361. The Morgan fingerprint density at radius 3 is 3.31 bits per heavy atom. The van der Waals surface area contributed by atoms with Gasteiger partial charge in [0.1, 0.15) is 5.88 Å². The summed E-state index contributed by atoms with van der Waals surface area (Å²) in [5.74, 6) is 0.778. The molecule has 1 unspecified atom stereocenters. The lowest BCUT2D eigenvalue weighted by Gasteiger charge is -2.06. The molecule has 5 nitrogen and oxygen atoms in total. The summed E-state index contributed by atoms with van der Waals surface area (Å²) >= 11 is 5.38. The van der Waals surface area contributed by atoms with Crippen molar-refractivity contribution in [2.45, 2.75) is 13.0 Å². The number of carbonyl (C=O) groups is 1. The van der Waals surface area contributed by atoms with E-state index in [1.54, 1.807) is 6.07 Å². The van der Waals surface area contributed by atoms with Crippen molar-refractivity contribution in [1.29, 1.82) is 0 Å². The van der Waals surface area contributed by atoms with Crippen molar-refractivity contribution >= 4 is 23.3 Å². The molecule has 1 aromatic heterocycles. The molecule has 2 rings (SSSR count). The summed E-state index contributed by atoms with van der Waals surface area (Å²) in [5, 5.41) is 6.83. The maximum absolute atomic E-state index is 11.0. The molecule has 1 aliphatic heterocycles. The summed E-state index contributed by atoms with van der Waals surface area (Å²) in [7, 11) is 0. The van der Waals surface area contributed by atoms with Crippen LogP contribution in [0.3, 0.4) is 0 Å². The van der Waals surface area contributed by atoms with Crippen molar-refractivity contribution in [3.05, 3.63) is 12.3 Å². The van der Waals surface area contributed by atoms with Gasteiger partial charge in [0.15, 0.2) is 5.82 Å². The standard InChI is InChI=1S/C10H14ClN3O2/c11-5-10(15)12-9-1-3-14(13-9)6-8-2-4-16-7-8/h1,3,8H,2,4-7H2,(H,12,13,15). The molecule has 16 heavy (non-hydrogen) atoms. The third kappa shape index (κ3) is 2.96. The first kappa shape index (κ1) is 11.4. The second kappa shape index (κ2) is 5.32. The number of halogens is 1. The van der Waals surface area contributed by atoms with E-state index in [-0.39, 0.29) is 11.8 Å². The van der Waals surface area contributed by atoms with Crippen molar-refractivity contribution in [3.63, 3.8) is 0 Å². The Kier molecular flexibility index (Phi) is 3.79. The smallest absolute Gasteiger partial charge is 0.240 e. The van der Waals surface area contributed by atoms with E-state index < -0.39 is 0 Å². The number of nitrogens with one attached hydrogen (secondary N) is 1. The first-order valence-electron chi connectivity index (χ1n) is 5.25. The number of ether oxygens (including phenoxy) is 1. The van der Waals surface area contributed by atoms with E-state index in [1.165, 1.54) is 0 Å². The number of anilines is 1. The number of amides is 1. The molecular weight excluding hydrogens is 230 g/mol. The summed E-state index contributed by atoms with van der Waals surface area (Å²) in [4.78, 5) is 11.0. The molecule has 1 aromatic rings. The molecule has 1 atom stereocenters. The third-order valence-corrected chi connectivity index (χ3v) is 2.74. The maximum atomic E-state index is 11.0. The van der Waals surface area contributed by atoms with E-state index in [0.717, 1.165) is 26.2 Å². The summed E-state index contributed by atoms with van der Waals surface area (Å²) in [6, 6.07) is 1.76. The van der Waals surface area contributed by atoms with E-state index in [4.69, 9.17) is 16.3 Å². The van der Waals surface area contributed by atoms with Crippen molar-refractivity contribution in [3.8, 4) is 0 Å². The highest BCUT2D eigenvalue weighted by atomic mass is 35.5. The maximum Gasteiger partial charge on any atom is 0.240 e. The minimum Gasteiger partial charge on any atom is -0.381 e. The number of nitrogens with zero attached hydrogens (tertiary/aromatic N) is 2. The van der Waals surface area contributed by atoms with Crippen LogP contribution in [-0.2, 0) is 16.1 Å². The van der Waals surface area contributed by atoms with Gasteiger partial charge in [-0.2, -0.15) is 5.10 Å². The zero-order valence-electron chi connectivity index (χ0n) is 8.86. The van der Waals surface area contributed by atoms with Crippen LogP contribution in [0.4, 0.5) is 5.82 Å². The van der Waals surface area contributed by atoms with Gasteiger partial charge in [-0.25, -0.2) is 0 Å². The number of hydrogen-bond donors (Lipinski definition) is 1. The highest BCUT2D eigenvalue weighted by Gasteiger charge is 2.16. The van der Waals surface area contributed by atoms with Crippen molar-refractivity contribution < 1.29 is 9.53 Å². The molecule has 1 aliphatic rings. The van der Waals surface area contributed by atoms with Gasteiger partial charge in [-0.15, -0.1) is 11.6 Å². The van der Waals surface area contributed by atoms with Crippen molar-refractivity contribution in [2.75, 3.05) is 24.4 Å². The fourth-order valence-electron chi connectivity index (χ4n) is 1.70. The van der Waals surface area contributed by atoms with Gasteiger partial charge in [0.2, 0.25) is 5.91 Å². The fourth-order valence-corrected chi connectivity index (χ4v) is 1.76. The summed E-state index contributed by atoms with van der Waals surface area (Å²) in [6.45, 7) is 2.46. The van der Waals surface area contributed by atoms with Gasteiger partial charge in [-0.1, -0.05) is 0 Å². The molecule has 0 aromatic carbocycles. The Morgan fingerprint density at radius 1 is 1.75 bits per heavy atom. The molecule has 0 saturated carbocycles. The van der Waals surface area contributed by atoms with Crippen LogP contribution in [0, 0.1) is 5.92 Å². The number of hydrogen-bond acceptors (Lipinski definition) is 3. The van der Waals surface area contributed by atoms with Crippen LogP contribution in [0.2, 0.25) is 0 Å². The summed E-state index contributed by atoms with van der Waals surface area (Å²) in [6.07, 6.45) is 2.92. The van der Waals surface area contributed by atoms with Crippen LogP contribution < -0.4 is 5.32 Å². The molecule has 0 aliphatic carbocycles. The second-order valence-electron chi connectivity index (χ2n) is 3.83. The molecular formula is C10H14ClN3O2. The van der Waals surface area contributed by atoms with Crippen molar-refractivity contribution in [1.82, 2.24) is 9.78 Å². The van der Waals surface area contributed by atoms with Crippen LogP contribution in [-0.4, -0.2) is 34.8 Å². The lowest BCUT2D eigenvalue weighted by Crippen LogP contribution is -2.14. The van der Waals surface area contributed by atoms with Crippen LogP contribution in [0.25, 0.3) is 0 Å². The van der Waals surface area contributed by atoms with Crippen molar-refractivity contribution in [2.24, 2.45) is 5.92 Å². The fraction of sp³-hybridized carbons (Fsp3) is 0.600. The molecule has 1 saturated heterocycles. The van der Waals surface area contributed by atoms with Gasteiger partial charge >= 0.3 is 0 Å². The number of aromatic nitrogens is 2. The average molecular weight is 244 g/mol. The molecule has 0 bridgehead atoms. The van der Waals surface area contributed by atoms with E-state index in [2.05, 4.69) is 10.4 Å². The highest BCUT2D eigenvalue weighted by Crippen LogP contribution is 2.15. The molecule has 1 N–H and O–H groups in total. The van der Waals surface area contributed by atoms with Gasteiger partial charge in [-0.3, -0.25) is 9.48 Å². The van der Waals surface area contributed by atoms with E-state index >= 15 is 0 Å². The second-order valence-corrected chi connectivity index (χ2v) is 4.10. The third-order valence-electron chi connectivity index (χ3n) is 2.50. The first-order chi connectivity index (χ1) is 7.78. The molecule has 0 radical (unpaired) electrons.